The van der Waals surface area contributed by atoms with Crippen molar-refractivity contribution in [1.82, 2.24) is 14.8 Å². The molecule has 0 radical (unpaired) electrons. The van der Waals surface area contributed by atoms with Gasteiger partial charge in [-0.3, -0.25) is 14.7 Å². The van der Waals surface area contributed by atoms with Crippen molar-refractivity contribution in [2.45, 2.75) is 13.0 Å². The van der Waals surface area contributed by atoms with E-state index in [9.17, 15) is 4.79 Å². The number of para-hydroxylation sites is 1. The number of benzene rings is 1. The van der Waals surface area contributed by atoms with Crippen molar-refractivity contribution in [2.75, 3.05) is 44.3 Å². The quantitative estimate of drug-likeness (QED) is 0.654. The average Bonchev–Trinajstić information content (AvgIpc) is 2.95. The highest BCUT2D eigenvalue weighted by Crippen LogP contribution is 2.12. The molecule has 27 heavy (non-hydrogen) atoms. The third-order valence-electron chi connectivity index (χ3n) is 4.54. The number of carbonyl (C=O) groups is 1. The van der Waals surface area contributed by atoms with Gasteiger partial charge in [0.1, 0.15) is 5.75 Å². The second kappa shape index (κ2) is 10.9. The zero-order valence-corrected chi connectivity index (χ0v) is 16.4. The SMILES string of the molecule is O=C(CSCCOc1ccccc1)N1CCCN(Cc2cccnc2)CC1. The lowest BCUT2D eigenvalue weighted by atomic mass is 10.2. The first-order chi connectivity index (χ1) is 13.3. The summed E-state index contributed by atoms with van der Waals surface area (Å²) in [5.74, 6) is 2.47. The first kappa shape index (κ1) is 19.7. The predicted molar refractivity (Wildman–Crippen MR) is 110 cm³/mol. The standard InChI is InChI=1S/C21H27N3O2S/c25-21(18-27-15-14-26-20-7-2-1-3-8-20)24-11-5-10-23(12-13-24)17-19-6-4-9-22-16-19/h1-4,6-9,16H,5,10-15,17-18H2. The van der Waals surface area contributed by atoms with E-state index in [4.69, 9.17) is 4.74 Å². The molecule has 0 atom stereocenters. The van der Waals surface area contributed by atoms with Gasteiger partial charge in [-0.25, -0.2) is 0 Å². The Hall–Kier alpha value is -2.05. The van der Waals surface area contributed by atoms with Gasteiger partial charge < -0.3 is 9.64 Å². The van der Waals surface area contributed by atoms with E-state index in [0.717, 1.165) is 50.6 Å². The molecule has 3 rings (SSSR count). The zero-order valence-electron chi connectivity index (χ0n) is 15.6. The Bertz CT molecular complexity index is 684. The summed E-state index contributed by atoms with van der Waals surface area (Å²) in [7, 11) is 0. The summed E-state index contributed by atoms with van der Waals surface area (Å²) < 4.78 is 5.67. The van der Waals surface area contributed by atoms with Crippen LogP contribution in [0.25, 0.3) is 0 Å². The number of hydrogen-bond donors (Lipinski definition) is 0. The summed E-state index contributed by atoms with van der Waals surface area (Å²) >= 11 is 1.65. The van der Waals surface area contributed by atoms with Crippen molar-refractivity contribution >= 4 is 17.7 Å². The minimum Gasteiger partial charge on any atom is -0.493 e. The normalized spacial score (nSPS) is 15.3. The van der Waals surface area contributed by atoms with E-state index in [1.54, 1.807) is 18.0 Å². The fourth-order valence-electron chi connectivity index (χ4n) is 3.11. The minimum absolute atomic E-state index is 0.239. The highest BCUT2D eigenvalue weighted by atomic mass is 32.2. The number of rotatable bonds is 8. The van der Waals surface area contributed by atoms with E-state index in [0.29, 0.717) is 12.4 Å². The van der Waals surface area contributed by atoms with Crippen LogP contribution in [0.15, 0.2) is 54.9 Å². The predicted octanol–water partition coefficient (Wildman–Crippen LogP) is 2.93. The van der Waals surface area contributed by atoms with E-state index in [1.165, 1.54) is 5.56 Å². The molecule has 1 amide bonds. The molecule has 2 aromatic rings. The van der Waals surface area contributed by atoms with Crippen molar-refractivity contribution in [1.29, 1.82) is 0 Å². The number of carbonyl (C=O) groups excluding carboxylic acids is 1. The molecule has 2 heterocycles. The third kappa shape index (κ3) is 6.88. The van der Waals surface area contributed by atoms with Gasteiger partial charge in [0.25, 0.3) is 0 Å². The van der Waals surface area contributed by atoms with Crippen LogP contribution in [0.3, 0.4) is 0 Å². The van der Waals surface area contributed by atoms with Gasteiger partial charge in [0.2, 0.25) is 5.91 Å². The Morgan fingerprint density at radius 2 is 1.96 bits per heavy atom. The Kier molecular flexibility index (Phi) is 7.99. The summed E-state index contributed by atoms with van der Waals surface area (Å²) in [6.45, 7) is 5.13. The molecule has 1 fully saturated rings. The molecule has 5 nitrogen and oxygen atoms in total. The van der Waals surface area contributed by atoms with Crippen LogP contribution in [0.5, 0.6) is 5.75 Å². The maximum absolute atomic E-state index is 12.5. The van der Waals surface area contributed by atoms with Crippen LogP contribution in [-0.2, 0) is 11.3 Å². The van der Waals surface area contributed by atoms with Crippen LogP contribution in [0.4, 0.5) is 0 Å². The molecule has 0 saturated carbocycles. The van der Waals surface area contributed by atoms with E-state index in [2.05, 4.69) is 16.0 Å². The number of hydrogen-bond acceptors (Lipinski definition) is 5. The topological polar surface area (TPSA) is 45.7 Å². The van der Waals surface area contributed by atoms with Gasteiger partial charge in [-0.05, 0) is 30.2 Å². The number of ether oxygens (including phenoxy) is 1. The first-order valence-electron chi connectivity index (χ1n) is 9.46. The fourth-order valence-corrected chi connectivity index (χ4v) is 3.82. The lowest BCUT2D eigenvalue weighted by Crippen LogP contribution is -2.36. The highest BCUT2D eigenvalue weighted by molar-refractivity contribution is 7.99. The molecule has 144 valence electrons. The summed E-state index contributed by atoms with van der Waals surface area (Å²) in [6, 6.07) is 13.9. The van der Waals surface area contributed by atoms with Crippen molar-refractivity contribution in [3.8, 4) is 5.75 Å². The van der Waals surface area contributed by atoms with Crippen molar-refractivity contribution < 1.29 is 9.53 Å². The summed E-state index contributed by atoms with van der Waals surface area (Å²) in [6.07, 6.45) is 4.74. The molecule has 0 unspecified atom stereocenters. The van der Waals surface area contributed by atoms with Crippen LogP contribution in [0, 0.1) is 0 Å². The van der Waals surface area contributed by atoms with Gasteiger partial charge in [-0.15, -0.1) is 11.8 Å². The molecule has 0 bridgehead atoms. The number of pyridine rings is 1. The van der Waals surface area contributed by atoms with Crippen molar-refractivity contribution in [3.63, 3.8) is 0 Å². The number of amides is 1. The van der Waals surface area contributed by atoms with Crippen molar-refractivity contribution in [2.24, 2.45) is 0 Å². The van der Waals surface area contributed by atoms with Gasteiger partial charge in [0, 0.05) is 50.9 Å². The molecule has 6 heteroatoms. The highest BCUT2D eigenvalue weighted by Gasteiger charge is 2.19. The monoisotopic (exact) mass is 385 g/mol. The first-order valence-corrected chi connectivity index (χ1v) is 10.6. The third-order valence-corrected chi connectivity index (χ3v) is 5.44. The van der Waals surface area contributed by atoms with Gasteiger partial charge in [-0.2, -0.15) is 0 Å². The smallest absolute Gasteiger partial charge is 0.232 e. The Labute approximate surface area is 165 Å². The Morgan fingerprint density at radius 1 is 1.07 bits per heavy atom. The molecule has 0 aliphatic carbocycles. The summed E-state index contributed by atoms with van der Waals surface area (Å²) in [5, 5.41) is 0. The lowest BCUT2D eigenvalue weighted by molar-refractivity contribution is -0.128. The molecule has 1 aliphatic heterocycles. The summed E-state index contributed by atoms with van der Waals surface area (Å²) in [4.78, 5) is 21.1. The van der Waals surface area contributed by atoms with E-state index >= 15 is 0 Å². The van der Waals surface area contributed by atoms with E-state index in [1.807, 2.05) is 47.5 Å². The van der Waals surface area contributed by atoms with Crippen molar-refractivity contribution in [3.05, 3.63) is 60.4 Å². The number of nitrogens with zero attached hydrogens (tertiary/aromatic N) is 3. The second-order valence-electron chi connectivity index (χ2n) is 6.59. The molecule has 1 saturated heterocycles. The largest absolute Gasteiger partial charge is 0.493 e. The number of aromatic nitrogens is 1. The molecular formula is C21H27N3O2S. The molecule has 1 aromatic heterocycles. The van der Waals surface area contributed by atoms with Crippen LogP contribution in [0.2, 0.25) is 0 Å². The second-order valence-corrected chi connectivity index (χ2v) is 7.69. The van der Waals surface area contributed by atoms with Gasteiger partial charge in [0.05, 0.1) is 12.4 Å². The van der Waals surface area contributed by atoms with Crippen LogP contribution in [-0.4, -0.2) is 65.0 Å². The summed E-state index contributed by atoms with van der Waals surface area (Å²) in [5.41, 5.74) is 1.23. The molecule has 1 aromatic carbocycles. The van der Waals surface area contributed by atoms with Gasteiger partial charge in [-0.1, -0.05) is 24.3 Å². The average molecular weight is 386 g/mol. The fraction of sp³-hybridized carbons (Fsp3) is 0.429. The maximum atomic E-state index is 12.5. The van der Waals surface area contributed by atoms with Crippen LogP contribution in [0.1, 0.15) is 12.0 Å². The van der Waals surface area contributed by atoms with E-state index in [-0.39, 0.29) is 5.91 Å². The van der Waals surface area contributed by atoms with Gasteiger partial charge >= 0.3 is 0 Å². The number of thioether (sulfide) groups is 1. The molecule has 0 N–H and O–H groups in total. The molecule has 0 spiro atoms. The van der Waals surface area contributed by atoms with Gasteiger partial charge in [0.15, 0.2) is 0 Å². The Morgan fingerprint density at radius 3 is 2.78 bits per heavy atom. The molecular weight excluding hydrogens is 358 g/mol. The Balaban J connectivity index is 1.33. The van der Waals surface area contributed by atoms with Crippen LogP contribution >= 0.6 is 11.8 Å². The van der Waals surface area contributed by atoms with Crippen LogP contribution < -0.4 is 4.74 Å². The van der Waals surface area contributed by atoms with E-state index < -0.39 is 0 Å². The molecule has 1 aliphatic rings. The lowest BCUT2D eigenvalue weighted by Gasteiger charge is -2.22. The maximum Gasteiger partial charge on any atom is 0.232 e. The zero-order chi connectivity index (χ0) is 18.7. The minimum atomic E-state index is 0.239.